The number of rotatable bonds is 8. The van der Waals surface area contributed by atoms with Crippen LogP contribution in [0.25, 0.3) is 0 Å². The van der Waals surface area contributed by atoms with Gasteiger partial charge in [0.2, 0.25) is 11.7 Å². The molecule has 0 aromatic heterocycles. The molecule has 1 atom stereocenters. The number of anilines is 1. The Hall–Kier alpha value is -4.00. The first kappa shape index (κ1) is 23.2. The van der Waals surface area contributed by atoms with Crippen molar-refractivity contribution in [3.8, 4) is 17.2 Å². The summed E-state index contributed by atoms with van der Waals surface area (Å²) in [4.78, 5) is 28.2. The molecule has 1 heterocycles. The van der Waals surface area contributed by atoms with E-state index in [0.29, 0.717) is 35.0 Å². The monoisotopic (exact) mass is 460 g/mol. The molecule has 2 amide bonds. The van der Waals surface area contributed by atoms with Crippen LogP contribution in [-0.4, -0.2) is 38.0 Å². The van der Waals surface area contributed by atoms with Gasteiger partial charge in [-0.25, -0.2) is 0 Å². The second-order valence-electron chi connectivity index (χ2n) is 8.18. The molecule has 0 aliphatic carbocycles. The van der Waals surface area contributed by atoms with Crippen LogP contribution in [-0.2, 0) is 11.3 Å². The highest BCUT2D eigenvalue weighted by Crippen LogP contribution is 2.40. The summed E-state index contributed by atoms with van der Waals surface area (Å²) in [5, 5.41) is 2.92. The molecule has 176 valence electrons. The summed E-state index contributed by atoms with van der Waals surface area (Å²) in [5.41, 5.74) is 4.18. The number of nitrogens with one attached hydrogen (secondary N) is 1. The number of amides is 2. The summed E-state index contributed by atoms with van der Waals surface area (Å²) >= 11 is 0. The number of hydrogen-bond acceptors (Lipinski definition) is 5. The second-order valence-corrected chi connectivity index (χ2v) is 8.18. The third-order valence-corrected chi connectivity index (χ3v) is 6.01. The van der Waals surface area contributed by atoms with Crippen LogP contribution in [0.15, 0.2) is 60.7 Å². The van der Waals surface area contributed by atoms with E-state index in [-0.39, 0.29) is 18.2 Å². The number of benzene rings is 3. The van der Waals surface area contributed by atoms with Crippen molar-refractivity contribution < 1.29 is 23.8 Å². The maximum Gasteiger partial charge on any atom is 0.255 e. The van der Waals surface area contributed by atoms with E-state index in [1.54, 1.807) is 17.0 Å². The van der Waals surface area contributed by atoms with Crippen LogP contribution in [0.3, 0.4) is 0 Å². The van der Waals surface area contributed by atoms with Gasteiger partial charge in [0.1, 0.15) is 0 Å². The van der Waals surface area contributed by atoms with Gasteiger partial charge in [0.15, 0.2) is 11.5 Å². The molecule has 7 heteroatoms. The lowest BCUT2D eigenvalue weighted by Gasteiger charge is -2.28. The Bertz CT molecular complexity index is 1180. The number of ether oxygens (including phenoxy) is 3. The molecule has 3 aromatic carbocycles. The van der Waals surface area contributed by atoms with Gasteiger partial charge in [-0.15, -0.1) is 0 Å². The van der Waals surface area contributed by atoms with Gasteiger partial charge < -0.3 is 24.4 Å². The largest absolute Gasteiger partial charge is 0.493 e. The third-order valence-electron chi connectivity index (χ3n) is 6.01. The Morgan fingerprint density at radius 2 is 1.62 bits per heavy atom. The zero-order valence-electron chi connectivity index (χ0n) is 19.8. The van der Waals surface area contributed by atoms with Crippen molar-refractivity contribution in [1.29, 1.82) is 0 Å². The van der Waals surface area contributed by atoms with Crippen molar-refractivity contribution in [2.24, 2.45) is 0 Å². The summed E-state index contributed by atoms with van der Waals surface area (Å²) in [6.07, 6.45) is 0.0967. The molecule has 1 N–H and O–H groups in total. The quantitative estimate of drug-likeness (QED) is 0.525. The molecule has 7 nitrogen and oxygen atoms in total. The van der Waals surface area contributed by atoms with Gasteiger partial charge in [0, 0.05) is 29.9 Å². The Labute approximate surface area is 199 Å². The molecule has 1 unspecified atom stereocenters. The van der Waals surface area contributed by atoms with Gasteiger partial charge in [-0.2, -0.15) is 0 Å². The number of methoxy groups -OCH3 is 3. The Balaban J connectivity index is 1.61. The number of carbonyl (C=O) groups excluding carboxylic acids is 2. The van der Waals surface area contributed by atoms with Crippen molar-refractivity contribution in [1.82, 2.24) is 4.90 Å². The molecule has 0 radical (unpaired) electrons. The van der Waals surface area contributed by atoms with Crippen LogP contribution in [0, 0.1) is 6.92 Å². The predicted molar refractivity (Wildman–Crippen MR) is 130 cm³/mol. The number of fused-ring (bicyclic) bond motifs is 1. The standard InChI is InChI=1S/C27H28N2O5/c1-17-9-11-18(12-10-17)22(29-16-19-7-5-6-8-21(19)27(29)31)15-25(30)28-20-13-23(32-2)26(34-4)24(14-20)33-3/h5-14,22H,15-16H2,1-4H3,(H,28,30). The van der Waals surface area contributed by atoms with E-state index in [1.807, 2.05) is 55.5 Å². The predicted octanol–water partition coefficient (Wildman–Crippen LogP) is 4.75. The van der Waals surface area contributed by atoms with Crippen LogP contribution in [0.4, 0.5) is 5.69 Å². The van der Waals surface area contributed by atoms with Crippen LogP contribution in [0.1, 0.15) is 39.5 Å². The van der Waals surface area contributed by atoms with E-state index in [0.717, 1.165) is 16.7 Å². The van der Waals surface area contributed by atoms with E-state index < -0.39 is 6.04 Å². The minimum Gasteiger partial charge on any atom is -0.493 e. The number of aryl methyl sites for hydroxylation is 1. The summed E-state index contributed by atoms with van der Waals surface area (Å²) in [7, 11) is 4.57. The zero-order chi connectivity index (χ0) is 24.2. The summed E-state index contributed by atoms with van der Waals surface area (Å²) in [6, 6.07) is 18.4. The molecule has 1 aliphatic rings. The van der Waals surface area contributed by atoms with Crippen molar-refractivity contribution in [3.05, 3.63) is 82.9 Å². The van der Waals surface area contributed by atoms with Gasteiger partial charge in [-0.1, -0.05) is 48.0 Å². The first-order chi connectivity index (χ1) is 16.4. The molecule has 0 spiro atoms. The molecule has 0 saturated carbocycles. The van der Waals surface area contributed by atoms with Crippen molar-refractivity contribution in [3.63, 3.8) is 0 Å². The van der Waals surface area contributed by atoms with Gasteiger partial charge in [-0.05, 0) is 24.1 Å². The number of hydrogen-bond donors (Lipinski definition) is 1. The Morgan fingerprint density at radius 3 is 2.21 bits per heavy atom. The summed E-state index contributed by atoms with van der Waals surface area (Å²) < 4.78 is 16.1. The maximum atomic E-state index is 13.2. The van der Waals surface area contributed by atoms with Gasteiger partial charge in [0.25, 0.3) is 5.91 Å². The lowest BCUT2D eigenvalue weighted by molar-refractivity contribution is -0.117. The topological polar surface area (TPSA) is 77.1 Å². The smallest absolute Gasteiger partial charge is 0.255 e. The Kier molecular flexibility index (Phi) is 6.72. The van der Waals surface area contributed by atoms with Crippen LogP contribution in [0.2, 0.25) is 0 Å². The molecule has 34 heavy (non-hydrogen) atoms. The minimum absolute atomic E-state index is 0.0678. The van der Waals surface area contributed by atoms with E-state index >= 15 is 0 Å². The van der Waals surface area contributed by atoms with E-state index in [2.05, 4.69) is 5.32 Å². The molecule has 0 fully saturated rings. The van der Waals surface area contributed by atoms with Crippen molar-refractivity contribution in [2.45, 2.75) is 25.9 Å². The van der Waals surface area contributed by atoms with Gasteiger partial charge in [-0.3, -0.25) is 9.59 Å². The zero-order valence-corrected chi connectivity index (χ0v) is 19.8. The first-order valence-corrected chi connectivity index (χ1v) is 11.0. The molecular formula is C27H28N2O5. The highest BCUT2D eigenvalue weighted by Gasteiger charge is 2.34. The van der Waals surface area contributed by atoms with Gasteiger partial charge in [0.05, 0.1) is 33.8 Å². The highest BCUT2D eigenvalue weighted by molar-refractivity contribution is 5.99. The fourth-order valence-electron chi connectivity index (χ4n) is 4.27. The fraction of sp³-hybridized carbons (Fsp3) is 0.259. The molecule has 4 rings (SSSR count). The van der Waals surface area contributed by atoms with Crippen molar-refractivity contribution in [2.75, 3.05) is 26.6 Å². The highest BCUT2D eigenvalue weighted by atomic mass is 16.5. The summed E-state index contributed by atoms with van der Waals surface area (Å²) in [6.45, 7) is 2.47. The Morgan fingerprint density at radius 1 is 0.971 bits per heavy atom. The first-order valence-electron chi connectivity index (χ1n) is 11.0. The third kappa shape index (κ3) is 4.55. The van der Waals surface area contributed by atoms with Gasteiger partial charge >= 0.3 is 0 Å². The van der Waals surface area contributed by atoms with Crippen molar-refractivity contribution >= 4 is 17.5 Å². The second kappa shape index (κ2) is 9.87. The summed E-state index contributed by atoms with van der Waals surface area (Å²) in [5.74, 6) is 1.03. The minimum atomic E-state index is -0.414. The average Bonchev–Trinajstić information content (AvgIpc) is 3.18. The SMILES string of the molecule is COc1cc(NC(=O)CC(c2ccc(C)cc2)N2Cc3ccccc3C2=O)cc(OC)c1OC. The molecule has 0 bridgehead atoms. The molecule has 3 aromatic rings. The van der Waals surface area contributed by atoms with Crippen LogP contribution >= 0.6 is 0 Å². The van der Waals surface area contributed by atoms with Crippen LogP contribution in [0.5, 0.6) is 17.2 Å². The fourth-order valence-corrected chi connectivity index (χ4v) is 4.27. The number of carbonyl (C=O) groups is 2. The lowest BCUT2D eigenvalue weighted by atomic mass is 10.00. The maximum absolute atomic E-state index is 13.2. The average molecular weight is 461 g/mol. The molecule has 1 aliphatic heterocycles. The van der Waals surface area contributed by atoms with E-state index in [1.165, 1.54) is 21.3 Å². The number of nitrogens with zero attached hydrogens (tertiary/aromatic N) is 1. The molecule has 0 saturated heterocycles. The van der Waals surface area contributed by atoms with Crippen LogP contribution < -0.4 is 19.5 Å². The lowest BCUT2D eigenvalue weighted by Crippen LogP contribution is -2.32. The molecular weight excluding hydrogens is 432 g/mol. The van der Waals surface area contributed by atoms with E-state index in [4.69, 9.17) is 14.2 Å². The normalized spacial score (nSPS) is 13.3. The van der Waals surface area contributed by atoms with E-state index in [9.17, 15) is 9.59 Å².